The van der Waals surface area contributed by atoms with E-state index in [-0.39, 0.29) is 17.4 Å². The molecule has 0 spiro atoms. The van der Waals surface area contributed by atoms with E-state index >= 15 is 0 Å². The Morgan fingerprint density at radius 1 is 1.37 bits per heavy atom. The lowest BCUT2D eigenvalue weighted by molar-refractivity contribution is -0.120. The number of hydrogen-bond acceptors (Lipinski definition) is 5. The summed E-state index contributed by atoms with van der Waals surface area (Å²) < 4.78 is 37.9. The minimum absolute atomic E-state index is 0.104. The van der Waals surface area contributed by atoms with Crippen molar-refractivity contribution in [2.45, 2.75) is 26.1 Å². The Balaban J connectivity index is 2.52. The van der Waals surface area contributed by atoms with Crippen molar-refractivity contribution >= 4 is 22.9 Å². The first-order chi connectivity index (χ1) is 8.78. The quantitative estimate of drug-likeness (QED) is 0.890. The highest BCUT2D eigenvalue weighted by atomic mass is 19.4. The van der Waals surface area contributed by atoms with Crippen molar-refractivity contribution in [2.75, 3.05) is 17.2 Å². The number of hydrogen-bond donors (Lipinski definition) is 2. The fraction of sp³-hybridized carbons (Fsp3) is 0.500. The summed E-state index contributed by atoms with van der Waals surface area (Å²) in [5.41, 5.74) is 6.09. The number of alkyl halides is 3. The van der Waals surface area contributed by atoms with E-state index in [0.717, 1.165) is 4.90 Å². The first-order valence-corrected chi connectivity index (χ1v) is 5.58. The van der Waals surface area contributed by atoms with Gasteiger partial charge in [-0.25, -0.2) is 4.98 Å². The molecule has 0 saturated carbocycles. The van der Waals surface area contributed by atoms with Crippen LogP contribution in [-0.4, -0.2) is 38.7 Å². The van der Waals surface area contributed by atoms with Crippen LogP contribution < -0.4 is 10.6 Å². The maximum absolute atomic E-state index is 12.6. The van der Waals surface area contributed by atoms with Crippen LogP contribution in [0.4, 0.5) is 24.9 Å². The molecule has 0 atom stereocenters. The zero-order valence-corrected chi connectivity index (χ0v) is 10.4. The Hall–Kier alpha value is -2.06. The van der Waals surface area contributed by atoms with E-state index in [1.807, 2.05) is 0 Å². The number of fused-ring (bicyclic) bond motifs is 1. The summed E-state index contributed by atoms with van der Waals surface area (Å²) in [5.74, 6) is -0.00486. The van der Waals surface area contributed by atoms with Crippen molar-refractivity contribution < 1.29 is 13.2 Å². The highest BCUT2D eigenvalue weighted by Gasteiger charge is 2.33. The van der Waals surface area contributed by atoms with E-state index in [1.54, 1.807) is 13.8 Å². The number of imidazole rings is 1. The zero-order chi connectivity index (χ0) is 14.2. The van der Waals surface area contributed by atoms with Gasteiger partial charge in [-0.05, 0) is 13.8 Å². The van der Waals surface area contributed by atoms with E-state index in [9.17, 15) is 13.2 Å². The SMILES string of the molecule is CC(C)N(CC(F)(F)F)c1nc(N)nc2nc[nH]c12. The summed E-state index contributed by atoms with van der Waals surface area (Å²) in [6.45, 7) is 2.17. The molecule has 0 aliphatic heterocycles. The molecule has 0 aliphatic rings. The summed E-state index contributed by atoms with van der Waals surface area (Å²) in [5, 5.41) is 0. The van der Waals surface area contributed by atoms with Crippen LogP contribution >= 0.6 is 0 Å². The van der Waals surface area contributed by atoms with Crippen LogP contribution in [0.5, 0.6) is 0 Å². The maximum atomic E-state index is 12.6. The van der Waals surface area contributed by atoms with Crippen molar-refractivity contribution in [1.29, 1.82) is 0 Å². The highest BCUT2D eigenvalue weighted by Crippen LogP contribution is 2.27. The van der Waals surface area contributed by atoms with Gasteiger partial charge >= 0.3 is 6.18 Å². The minimum atomic E-state index is -4.34. The molecule has 0 aromatic carbocycles. The fourth-order valence-electron chi connectivity index (χ4n) is 1.74. The molecule has 2 aromatic heterocycles. The number of aromatic nitrogens is 4. The lowest BCUT2D eigenvalue weighted by Crippen LogP contribution is -2.40. The van der Waals surface area contributed by atoms with Gasteiger partial charge in [-0.15, -0.1) is 0 Å². The van der Waals surface area contributed by atoms with Gasteiger partial charge in [-0.3, -0.25) is 0 Å². The Bertz CT molecular complexity index is 576. The first-order valence-electron chi connectivity index (χ1n) is 5.58. The van der Waals surface area contributed by atoms with E-state index < -0.39 is 18.8 Å². The third kappa shape index (κ3) is 2.85. The summed E-state index contributed by atoms with van der Waals surface area (Å²) in [7, 11) is 0. The fourth-order valence-corrected chi connectivity index (χ4v) is 1.74. The van der Waals surface area contributed by atoms with Gasteiger partial charge in [0.25, 0.3) is 0 Å². The molecule has 0 fully saturated rings. The number of nitrogens with two attached hydrogens (primary N) is 1. The van der Waals surface area contributed by atoms with Crippen molar-refractivity contribution in [2.24, 2.45) is 0 Å². The molecule has 104 valence electrons. The van der Waals surface area contributed by atoms with Crippen LogP contribution in [0.1, 0.15) is 13.8 Å². The first kappa shape index (κ1) is 13.4. The number of rotatable bonds is 3. The third-order valence-electron chi connectivity index (χ3n) is 2.53. The number of nitrogen functional groups attached to an aromatic ring is 1. The highest BCUT2D eigenvalue weighted by molar-refractivity contribution is 5.84. The van der Waals surface area contributed by atoms with E-state index in [0.29, 0.717) is 5.52 Å². The predicted molar refractivity (Wildman–Crippen MR) is 64.6 cm³/mol. The normalized spacial score (nSPS) is 12.3. The molecule has 0 saturated heterocycles. The Morgan fingerprint density at radius 2 is 2.05 bits per heavy atom. The second-order valence-electron chi connectivity index (χ2n) is 4.34. The molecule has 9 heteroatoms. The molecular formula is C10H13F3N6. The zero-order valence-electron chi connectivity index (χ0n) is 10.4. The number of halogens is 3. The molecule has 19 heavy (non-hydrogen) atoms. The summed E-state index contributed by atoms with van der Waals surface area (Å²) in [4.78, 5) is 15.5. The molecule has 3 N–H and O–H groups in total. The van der Waals surface area contributed by atoms with Crippen LogP contribution in [0, 0.1) is 0 Å². The molecule has 6 nitrogen and oxygen atoms in total. The number of aromatic amines is 1. The minimum Gasteiger partial charge on any atom is -0.368 e. The smallest absolute Gasteiger partial charge is 0.368 e. The Labute approximate surface area is 106 Å². The summed E-state index contributed by atoms with van der Waals surface area (Å²) in [6, 6.07) is -0.401. The predicted octanol–water partition coefficient (Wildman–Crippen LogP) is 1.71. The molecule has 0 bridgehead atoms. The third-order valence-corrected chi connectivity index (χ3v) is 2.53. The van der Waals surface area contributed by atoms with Crippen LogP contribution in [0.3, 0.4) is 0 Å². The molecule has 0 aliphatic carbocycles. The van der Waals surface area contributed by atoms with Crippen molar-refractivity contribution in [3.8, 4) is 0 Å². The van der Waals surface area contributed by atoms with Gasteiger partial charge in [-0.1, -0.05) is 0 Å². The van der Waals surface area contributed by atoms with Crippen molar-refractivity contribution in [3.63, 3.8) is 0 Å². The van der Waals surface area contributed by atoms with Crippen LogP contribution in [-0.2, 0) is 0 Å². The van der Waals surface area contributed by atoms with Crippen LogP contribution in [0.2, 0.25) is 0 Å². The molecule has 0 radical (unpaired) electrons. The lowest BCUT2D eigenvalue weighted by atomic mass is 10.3. The topological polar surface area (TPSA) is 83.7 Å². The van der Waals surface area contributed by atoms with Gasteiger partial charge in [0.15, 0.2) is 11.5 Å². The average molecular weight is 274 g/mol. The summed E-state index contributed by atoms with van der Waals surface area (Å²) >= 11 is 0. The Morgan fingerprint density at radius 3 is 2.63 bits per heavy atom. The molecule has 2 heterocycles. The van der Waals surface area contributed by atoms with Gasteiger partial charge in [-0.2, -0.15) is 23.1 Å². The van der Waals surface area contributed by atoms with Gasteiger partial charge in [0, 0.05) is 6.04 Å². The second kappa shape index (κ2) is 4.56. The van der Waals surface area contributed by atoms with Crippen molar-refractivity contribution in [3.05, 3.63) is 6.33 Å². The lowest BCUT2D eigenvalue weighted by Gasteiger charge is -2.28. The maximum Gasteiger partial charge on any atom is 0.405 e. The number of nitrogens with zero attached hydrogens (tertiary/aromatic N) is 4. The summed E-state index contributed by atoms with van der Waals surface area (Å²) in [6.07, 6.45) is -3.00. The van der Waals surface area contributed by atoms with Gasteiger partial charge in [0.2, 0.25) is 5.95 Å². The number of nitrogens with one attached hydrogen (secondary N) is 1. The van der Waals surface area contributed by atoms with E-state index in [2.05, 4.69) is 19.9 Å². The van der Waals surface area contributed by atoms with Gasteiger partial charge < -0.3 is 15.6 Å². The number of anilines is 2. The molecule has 0 unspecified atom stereocenters. The monoisotopic (exact) mass is 274 g/mol. The molecular weight excluding hydrogens is 261 g/mol. The van der Waals surface area contributed by atoms with E-state index in [4.69, 9.17) is 5.73 Å². The number of H-pyrrole nitrogens is 1. The largest absolute Gasteiger partial charge is 0.405 e. The van der Waals surface area contributed by atoms with Gasteiger partial charge in [0.1, 0.15) is 12.1 Å². The van der Waals surface area contributed by atoms with Crippen molar-refractivity contribution in [1.82, 2.24) is 19.9 Å². The molecule has 2 rings (SSSR count). The van der Waals surface area contributed by atoms with Crippen LogP contribution in [0.15, 0.2) is 6.33 Å². The molecule has 2 aromatic rings. The van der Waals surface area contributed by atoms with Gasteiger partial charge in [0.05, 0.1) is 6.33 Å². The standard InChI is InChI=1S/C10H13F3N6/c1-5(2)19(3-10(11,12)13)8-6-7(16-4-15-6)17-9(14)18-8/h4-5H,3H2,1-2H3,(H3,14,15,16,17,18). The molecule has 0 amide bonds. The van der Waals surface area contributed by atoms with E-state index in [1.165, 1.54) is 6.33 Å². The average Bonchev–Trinajstić information content (AvgIpc) is 2.71. The van der Waals surface area contributed by atoms with Crippen LogP contribution in [0.25, 0.3) is 11.2 Å². The Kier molecular flexibility index (Phi) is 3.21. The second-order valence-corrected chi connectivity index (χ2v) is 4.34.